The Morgan fingerprint density at radius 2 is 1.96 bits per heavy atom. The van der Waals surface area contributed by atoms with Crippen molar-refractivity contribution in [1.82, 2.24) is 4.98 Å². The molecule has 2 aromatic rings. The SMILES string of the molecule is CCCCCCCCC(OC)c1cccc(-c2cscn2)c1F. The predicted octanol–water partition coefficient (Wildman–Crippen LogP) is 6.39. The van der Waals surface area contributed by atoms with Crippen molar-refractivity contribution >= 4 is 11.3 Å². The maximum Gasteiger partial charge on any atom is 0.138 e. The fourth-order valence-electron chi connectivity index (χ4n) is 2.85. The van der Waals surface area contributed by atoms with Crippen molar-refractivity contribution in [3.05, 3.63) is 40.5 Å². The van der Waals surface area contributed by atoms with Crippen LogP contribution in [0.4, 0.5) is 4.39 Å². The van der Waals surface area contributed by atoms with Crippen LogP contribution in [0.3, 0.4) is 0 Å². The van der Waals surface area contributed by atoms with Crippen LogP contribution in [0.25, 0.3) is 11.3 Å². The molecule has 2 rings (SSSR count). The first-order valence-corrected chi connectivity index (χ1v) is 9.42. The van der Waals surface area contributed by atoms with Gasteiger partial charge in [0.05, 0.1) is 17.3 Å². The van der Waals surface area contributed by atoms with Gasteiger partial charge in [-0.25, -0.2) is 9.37 Å². The smallest absolute Gasteiger partial charge is 0.138 e. The summed E-state index contributed by atoms with van der Waals surface area (Å²) >= 11 is 1.48. The van der Waals surface area contributed by atoms with Crippen molar-refractivity contribution in [3.8, 4) is 11.3 Å². The van der Waals surface area contributed by atoms with E-state index in [1.807, 2.05) is 17.5 Å². The number of hydrogen-bond donors (Lipinski definition) is 0. The molecule has 0 N–H and O–H groups in total. The van der Waals surface area contributed by atoms with Crippen LogP contribution in [0.15, 0.2) is 29.1 Å². The third-order valence-electron chi connectivity index (χ3n) is 4.19. The number of aromatic nitrogens is 1. The first-order valence-electron chi connectivity index (χ1n) is 8.47. The molecule has 0 radical (unpaired) electrons. The first kappa shape index (κ1) is 18.1. The summed E-state index contributed by atoms with van der Waals surface area (Å²) in [4.78, 5) is 4.22. The van der Waals surface area contributed by atoms with Crippen LogP contribution in [0.5, 0.6) is 0 Å². The number of thiazole rings is 1. The lowest BCUT2D eigenvalue weighted by atomic mass is 9.98. The van der Waals surface area contributed by atoms with E-state index in [9.17, 15) is 4.39 Å². The van der Waals surface area contributed by atoms with E-state index in [0.717, 1.165) is 12.8 Å². The van der Waals surface area contributed by atoms with Gasteiger partial charge in [0, 0.05) is 23.6 Å². The minimum atomic E-state index is -0.198. The van der Waals surface area contributed by atoms with Gasteiger partial charge < -0.3 is 4.74 Å². The van der Waals surface area contributed by atoms with Crippen LogP contribution < -0.4 is 0 Å². The van der Waals surface area contributed by atoms with Crippen LogP contribution >= 0.6 is 11.3 Å². The molecule has 0 aliphatic heterocycles. The Balaban J connectivity index is 1.99. The lowest BCUT2D eigenvalue weighted by Gasteiger charge is -2.17. The van der Waals surface area contributed by atoms with Crippen LogP contribution in [-0.4, -0.2) is 12.1 Å². The monoisotopic (exact) mass is 335 g/mol. The molecule has 1 aromatic heterocycles. The fourth-order valence-corrected chi connectivity index (χ4v) is 3.40. The number of ether oxygens (including phenoxy) is 1. The van der Waals surface area contributed by atoms with Crippen molar-refractivity contribution in [2.45, 2.75) is 58.0 Å². The van der Waals surface area contributed by atoms with Gasteiger partial charge in [-0.15, -0.1) is 11.3 Å². The highest BCUT2D eigenvalue weighted by atomic mass is 32.1. The van der Waals surface area contributed by atoms with Crippen LogP contribution in [0, 0.1) is 5.82 Å². The number of hydrogen-bond acceptors (Lipinski definition) is 3. The van der Waals surface area contributed by atoms with Gasteiger partial charge in [0.1, 0.15) is 5.82 Å². The van der Waals surface area contributed by atoms with Crippen molar-refractivity contribution in [2.75, 3.05) is 7.11 Å². The standard InChI is InChI=1S/C19H26FNOS/c1-3-4-5-6-7-8-12-18(22-2)16-11-9-10-15(19(16)20)17-13-23-14-21-17/h9-11,13-14,18H,3-8,12H2,1-2H3. The van der Waals surface area contributed by atoms with E-state index in [0.29, 0.717) is 16.8 Å². The Morgan fingerprint density at radius 1 is 1.17 bits per heavy atom. The highest BCUT2D eigenvalue weighted by Crippen LogP contribution is 2.31. The lowest BCUT2D eigenvalue weighted by Crippen LogP contribution is -2.05. The Bertz CT molecular complexity index is 571. The number of halogens is 1. The topological polar surface area (TPSA) is 22.1 Å². The molecule has 0 spiro atoms. The molecule has 4 heteroatoms. The Hall–Kier alpha value is -1.26. The van der Waals surface area contributed by atoms with Gasteiger partial charge in [0.2, 0.25) is 0 Å². The third-order valence-corrected chi connectivity index (χ3v) is 4.77. The highest BCUT2D eigenvalue weighted by molar-refractivity contribution is 7.07. The van der Waals surface area contributed by atoms with Crippen molar-refractivity contribution in [3.63, 3.8) is 0 Å². The summed E-state index contributed by atoms with van der Waals surface area (Å²) in [5, 5.41) is 1.87. The molecule has 0 amide bonds. The second-order valence-electron chi connectivity index (χ2n) is 5.86. The first-order chi connectivity index (χ1) is 11.3. The van der Waals surface area contributed by atoms with Crippen molar-refractivity contribution < 1.29 is 9.13 Å². The zero-order chi connectivity index (χ0) is 16.5. The van der Waals surface area contributed by atoms with Crippen molar-refractivity contribution in [2.24, 2.45) is 0 Å². The molecule has 2 nitrogen and oxygen atoms in total. The Morgan fingerprint density at radius 3 is 2.65 bits per heavy atom. The maximum atomic E-state index is 14.8. The summed E-state index contributed by atoms with van der Waals surface area (Å²) in [7, 11) is 1.66. The van der Waals surface area contributed by atoms with Crippen LogP contribution in [-0.2, 0) is 4.74 Å². The highest BCUT2D eigenvalue weighted by Gasteiger charge is 2.18. The molecular formula is C19H26FNOS. The van der Waals surface area contributed by atoms with E-state index < -0.39 is 0 Å². The zero-order valence-electron chi connectivity index (χ0n) is 14.1. The molecule has 1 aromatic carbocycles. The maximum absolute atomic E-state index is 14.8. The molecule has 1 heterocycles. The second kappa shape index (κ2) is 9.78. The number of benzene rings is 1. The molecule has 1 unspecified atom stereocenters. The van der Waals surface area contributed by atoms with Gasteiger partial charge >= 0.3 is 0 Å². The minimum Gasteiger partial charge on any atom is -0.377 e. The average molecular weight is 335 g/mol. The molecule has 126 valence electrons. The summed E-state index contributed by atoms with van der Waals surface area (Å²) in [6.45, 7) is 2.22. The molecule has 0 aliphatic rings. The number of unbranched alkanes of at least 4 members (excludes halogenated alkanes) is 5. The van der Waals surface area contributed by atoms with Gasteiger partial charge in [-0.2, -0.15) is 0 Å². The van der Waals surface area contributed by atoms with E-state index >= 15 is 0 Å². The lowest BCUT2D eigenvalue weighted by molar-refractivity contribution is 0.0900. The second-order valence-corrected chi connectivity index (χ2v) is 6.58. The summed E-state index contributed by atoms with van der Waals surface area (Å²) in [6, 6.07) is 5.50. The van der Waals surface area contributed by atoms with E-state index in [1.165, 1.54) is 43.4 Å². The molecule has 0 fully saturated rings. The van der Waals surface area contributed by atoms with Gasteiger partial charge in [0.25, 0.3) is 0 Å². The predicted molar refractivity (Wildman–Crippen MR) is 95.3 cm³/mol. The van der Waals surface area contributed by atoms with E-state index in [2.05, 4.69) is 11.9 Å². The van der Waals surface area contributed by atoms with E-state index in [4.69, 9.17) is 4.74 Å². The Kier molecular flexibility index (Phi) is 7.69. The van der Waals surface area contributed by atoms with Crippen molar-refractivity contribution in [1.29, 1.82) is 0 Å². The largest absolute Gasteiger partial charge is 0.377 e. The normalized spacial score (nSPS) is 12.5. The summed E-state index contributed by atoms with van der Waals surface area (Å²) in [6.07, 6.45) is 8.05. The Labute approximate surface area is 142 Å². The molecule has 0 aliphatic carbocycles. The minimum absolute atomic E-state index is 0.181. The molecule has 0 bridgehead atoms. The van der Waals surface area contributed by atoms with Gasteiger partial charge in [-0.05, 0) is 12.5 Å². The number of rotatable bonds is 10. The summed E-state index contributed by atoms with van der Waals surface area (Å²) in [5.74, 6) is -0.198. The van der Waals surface area contributed by atoms with Gasteiger partial charge in [-0.3, -0.25) is 0 Å². The third kappa shape index (κ3) is 5.11. The molecular weight excluding hydrogens is 309 g/mol. The zero-order valence-corrected chi connectivity index (χ0v) is 14.9. The van der Waals surface area contributed by atoms with E-state index in [1.54, 1.807) is 18.7 Å². The average Bonchev–Trinajstić information content (AvgIpc) is 3.09. The number of methoxy groups -OCH3 is 1. The molecule has 23 heavy (non-hydrogen) atoms. The molecule has 1 atom stereocenters. The van der Waals surface area contributed by atoms with Crippen LogP contribution in [0.2, 0.25) is 0 Å². The quantitative estimate of drug-likeness (QED) is 0.469. The number of nitrogens with zero attached hydrogens (tertiary/aromatic N) is 1. The van der Waals surface area contributed by atoms with Gasteiger partial charge in [-0.1, -0.05) is 57.6 Å². The summed E-state index contributed by atoms with van der Waals surface area (Å²) in [5.41, 5.74) is 3.63. The fraction of sp³-hybridized carbons (Fsp3) is 0.526. The summed E-state index contributed by atoms with van der Waals surface area (Å²) < 4.78 is 20.4. The van der Waals surface area contributed by atoms with E-state index in [-0.39, 0.29) is 11.9 Å². The molecule has 0 saturated heterocycles. The van der Waals surface area contributed by atoms with Gasteiger partial charge in [0.15, 0.2) is 0 Å². The van der Waals surface area contributed by atoms with Crippen LogP contribution in [0.1, 0.15) is 63.5 Å². The molecule has 0 saturated carbocycles.